The van der Waals surface area contributed by atoms with Crippen LogP contribution in [0.1, 0.15) is 32.3 Å². The lowest BCUT2D eigenvalue weighted by atomic mass is 10.2. The van der Waals surface area contributed by atoms with Crippen LogP contribution in [0.5, 0.6) is 5.88 Å². The summed E-state index contributed by atoms with van der Waals surface area (Å²) < 4.78 is 19.5. The van der Waals surface area contributed by atoms with Crippen molar-refractivity contribution in [3.63, 3.8) is 0 Å². The SMILES string of the molecule is CCCOc1ccc(CN=C(NCC)NC2CCN(c3ncccc3F)C2)cn1.I. The average Bonchev–Trinajstić information content (AvgIpc) is 3.20. The summed E-state index contributed by atoms with van der Waals surface area (Å²) in [6.07, 6.45) is 5.26. The highest BCUT2D eigenvalue weighted by Gasteiger charge is 2.25. The number of halogens is 2. The Morgan fingerprint density at radius 2 is 2.17 bits per heavy atom. The molecule has 2 aromatic heterocycles. The van der Waals surface area contributed by atoms with Crippen molar-refractivity contribution >= 4 is 35.8 Å². The van der Waals surface area contributed by atoms with Crippen molar-refractivity contribution in [2.24, 2.45) is 4.99 Å². The van der Waals surface area contributed by atoms with E-state index in [1.54, 1.807) is 18.5 Å². The van der Waals surface area contributed by atoms with E-state index in [4.69, 9.17) is 4.74 Å². The summed E-state index contributed by atoms with van der Waals surface area (Å²) in [6.45, 7) is 7.48. The molecule has 1 atom stereocenters. The van der Waals surface area contributed by atoms with Gasteiger partial charge in [-0.05, 0) is 37.5 Å². The van der Waals surface area contributed by atoms with Crippen LogP contribution in [0.15, 0.2) is 41.7 Å². The van der Waals surface area contributed by atoms with Gasteiger partial charge >= 0.3 is 0 Å². The monoisotopic (exact) mass is 528 g/mol. The lowest BCUT2D eigenvalue weighted by molar-refractivity contribution is 0.305. The van der Waals surface area contributed by atoms with E-state index in [9.17, 15) is 4.39 Å². The van der Waals surface area contributed by atoms with Gasteiger partial charge in [0, 0.05) is 44.1 Å². The molecule has 1 aliphatic rings. The van der Waals surface area contributed by atoms with Gasteiger partial charge in [0.2, 0.25) is 5.88 Å². The van der Waals surface area contributed by atoms with Gasteiger partial charge in [-0.25, -0.2) is 19.4 Å². The Hall–Kier alpha value is -2.17. The van der Waals surface area contributed by atoms with Crippen molar-refractivity contribution in [3.8, 4) is 5.88 Å². The van der Waals surface area contributed by atoms with E-state index in [1.807, 2.05) is 24.0 Å². The Labute approximate surface area is 194 Å². The van der Waals surface area contributed by atoms with Gasteiger partial charge in [-0.2, -0.15) is 0 Å². The highest BCUT2D eigenvalue weighted by molar-refractivity contribution is 14.0. The fraction of sp³-hybridized carbons (Fsp3) is 0.476. The molecule has 9 heteroatoms. The Morgan fingerprint density at radius 1 is 1.30 bits per heavy atom. The second kappa shape index (κ2) is 12.5. The second-order valence-electron chi connectivity index (χ2n) is 6.93. The highest BCUT2D eigenvalue weighted by atomic mass is 127. The van der Waals surface area contributed by atoms with E-state index >= 15 is 0 Å². The number of pyridine rings is 2. The zero-order valence-electron chi connectivity index (χ0n) is 17.5. The van der Waals surface area contributed by atoms with E-state index < -0.39 is 0 Å². The lowest BCUT2D eigenvalue weighted by Crippen LogP contribution is -2.44. The minimum Gasteiger partial charge on any atom is -0.478 e. The molecule has 0 bridgehead atoms. The molecule has 164 valence electrons. The quantitative estimate of drug-likeness (QED) is 0.311. The Kier molecular flexibility index (Phi) is 10.0. The summed E-state index contributed by atoms with van der Waals surface area (Å²) >= 11 is 0. The summed E-state index contributed by atoms with van der Waals surface area (Å²) in [6, 6.07) is 7.08. The Morgan fingerprint density at radius 3 is 2.87 bits per heavy atom. The predicted molar refractivity (Wildman–Crippen MR) is 128 cm³/mol. The highest BCUT2D eigenvalue weighted by Crippen LogP contribution is 2.20. The topological polar surface area (TPSA) is 74.7 Å². The van der Waals surface area contributed by atoms with Crippen LogP contribution in [-0.4, -0.2) is 48.2 Å². The van der Waals surface area contributed by atoms with Crippen LogP contribution >= 0.6 is 24.0 Å². The first kappa shape index (κ1) is 24.1. The third kappa shape index (κ3) is 6.96. The van der Waals surface area contributed by atoms with Crippen molar-refractivity contribution in [2.45, 2.75) is 39.3 Å². The molecule has 1 aliphatic heterocycles. The van der Waals surface area contributed by atoms with Crippen molar-refractivity contribution in [1.82, 2.24) is 20.6 Å². The zero-order chi connectivity index (χ0) is 20.5. The molecule has 7 nitrogen and oxygen atoms in total. The standard InChI is InChI=1S/C21H29FN6O.HI/c1-3-12-29-19-8-7-16(13-25-19)14-26-21(23-4-2)27-17-9-11-28(15-17)20-18(22)6-5-10-24-20;/h5-8,10,13,17H,3-4,9,11-12,14-15H2,1-2H3,(H2,23,26,27);1H. The van der Waals surface area contributed by atoms with Crippen LogP contribution in [0, 0.1) is 5.82 Å². The van der Waals surface area contributed by atoms with Gasteiger partial charge in [-0.15, -0.1) is 24.0 Å². The predicted octanol–water partition coefficient (Wildman–Crippen LogP) is 3.36. The van der Waals surface area contributed by atoms with Gasteiger partial charge in [0.1, 0.15) is 0 Å². The fourth-order valence-electron chi connectivity index (χ4n) is 3.16. The third-order valence-corrected chi connectivity index (χ3v) is 4.58. The molecule has 1 fully saturated rings. The van der Waals surface area contributed by atoms with Crippen LogP contribution in [0.2, 0.25) is 0 Å². The molecule has 0 radical (unpaired) electrons. The molecule has 2 aromatic rings. The maximum Gasteiger partial charge on any atom is 0.213 e. The van der Waals surface area contributed by atoms with Gasteiger partial charge < -0.3 is 20.3 Å². The molecule has 3 heterocycles. The van der Waals surface area contributed by atoms with E-state index in [1.165, 1.54) is 6.07 Å². The first-order valence-electron chi connectivity index (χ1n) is 10.2. The van der Waals surface area contributed by atoms with Crippen molar-refractivity contribution in [1.29, 1.82) is 0 Å². The molecule has 0 amide bonds. The second-order valence-corrected chi connectivity index (χ2v) is 6.93. The number of rotatable bonds is 8. The molecule has 0 spiro atoms. The fourth-order valence-corrected chi connectivity index (χ4v) is 3.16. The van der Waals surface area contributed by atoms with E-state index in [2.05, 4.69) is 32.5 Å². The molecule has 0 saturated carbocycles. The number of nitrogens with zero attached hydrogens (tertiary/aromatic N) is 4. The zero-order valence-corrected chi connectivity index (χ0v) is 19.8. The molecule has 2 N–H and O–H groups in total. The molecular weight excluding hydrogens is 498 g/mol. The number of nitrogens with one attached hydrogen (secondary N) is 2. The summed E-state index contributed by atoms with van der Waals surface area (Å²) in [5.74, 6) is 1.51. The number of guanidine groups is 1. The molecule has 30 heavy (non-hydrogen) atoms. The van der Waals surface area contributed by atoms with Crippen molar-refractivity contribution in [2.75, 3.05) is 31.1 Å². The van der Waals surface area contributed by atoms with Crippen LogP contribution in [0.3, 0.4) is 0 Å². The Balaban J connectivity index is 0.00000320. The summed E-state index contributed by atoms with van der Waals surface area (Å²) in [7, 11) is 0. The number of hydrogen-bond acceptors (Lipinski definition) is 5. The number of hydrogen-bond donors (Lipinski definition) is 2. The minimum absolute atomic E-state index is 0. The third-order valence-electron chi connectivity index (χ3n) is 4.58. The summed E-state index contributed by atoms with van der Waals surface area (Å²) in [5, 5.41) is 6.72. The largest absolute Gasteiger partial charge is 0.478 e. The van der Waals surface area contributed by atoms with Crippen LogP contribution in [0.25, 0.3) is 0 Å². The molecule has 0 aromatic carbocycles. The summed E-state index contributed by atoms with van der Waals surface area (Å²) in [4.78, 5) is 15.1. The molecule has 3 rings (SSSR count). The van der Waals surface area contributed by atoms with Crippen molar-refractivity contribution < 1.29 is 9.13 Å². The van der Waals surface area contributed by atoms with Gasteiger partial charge in [-0.3, -0.25) is 0 Å². The first-order valence-corrected chi connectivity index (χ1v) is 10.2. The van der Waals surface area contributed by atoms with Gasteiger partial charge in [0.15, 0.2) is 17.6 Å². The van der Waals surface area contributed by atoms with Crippen LogP contribution in [0.4, 0.5) is 10.2 Å². The maximum atomic E-state index is 14.0. The minimum atomic E-state index is -0.285. The lowest BCUT2D eigenvalue weighted by Gasteiger charge is -2.20. The number of aromatic nitrogens is 2. The van der Waals surface area contributed by atoms with Gasteiger partial charge in [0.05, 0.1) is 13.2 Å². The van der Waals surface area contributed by atoms with E-state index in [-0.39, 0.29) is 35.8 Å². The Bertz CT molecular complexity index is 804. The first-order chi connectivity index (χ1) is 14.2. The molecule has 1 saturated heterocycles. The number of ether oxygens (including phenoxy) is 1. The van der Waals surface area contributed by atoms with Crippen molar-refractivity contribution in [3.05, 3.63) is 48.0 Å². The smallest absolute Gasteiger partial charge is 0.213 e. The average molecular weight is 528 g/mol. The van der Waals surface area contributed by atoms with Gasteiger partial charge in [-0.1, -0.05) is 13.0 Å². The molecular formula is C21H30FIN6O. The van der Waals surface area contributed by atoms with E-state index in [0.29, 0.717) is 31.4 Å². The number of aliphatic imine (C=N–C) groups is 1. The van der Waals surface area contributed by atoms with E-state index in [0.717, 1.165) is 37.5 Å². The van der Waals surface area contributed by atoms with Crippen LogP contribution in [-0.2, 0) is 6.54 Å². The molecule has 0 aliphatic carbocycles. The normalized spacial score (nSPS) is 16.2. The maximum absolute atomic E-state index is 14.0. The molecule has 1 unspecified atom stereocenters. The van der Waals surface area contributed by atoms with Gasteiger partial charge in [0.25, 0.3) is 0 Å². The van der Waals surface area contributed by atoms with Crippen LogP contribution < -0.4 is 20.3 Å². The number of anilines is 1. The summed E-state index contributed by atoms with van der Waals surface area (Å²) in [5.41, 5.74) is 1.01.